The highest BCUT2D eigenvalue weighted by molar-refractivity contribution is 5.58. The van der Waals surface area contributed by atoms with Crippen LogP contribution in [0.15, 0.2) is 47.1 Å². The number of hydrogen-bond donors (Lipinski definition) is 1. The van der Waals surface area contributed by atoms with Crippen molar-refractivity contribution in [3.8, 4) is 17.1 Å². The lowest BCUT2D eigenvalue weighted by atomic mass is 10.0. The second-order valence-corrected chi connectivity index (χ2v) is 5.18. The minimum absolute atomic E-state index is 0.180. The summed E-state index contributed by atoms with van der Waals surface area (Å²) in [4.78, 5) is 0. The third-order valence-electron chi connectivity index (χ3n) is 3.45. The van der Waals surface area contributed by atoms with Crippen molar-refractivity contribution in [1.29, 1.82) is 0 Å². The van der Waals surface area contributed by atoms with Crippen molar-refractivity contribution in [2.45, 2.75) is 26.4 Å². The van der Waals surface area contributed by atoms with Gasteiger partial charge < -0.3 is 9.52 Å². The summed E-state index contributed by atoms with van der Waals surface area (Å²) in [5.74, 6) is 1.12. The maximum atomic E-state index is 9.44. The molecule has 0 radical (unpaired) electrons. The zero-order valence-electron chi connectivity index (χ0n) is 12.0. The van der Waals surface area contributed by atoms with Crippen LogP contribution in [0.2, 0.25) is 0 Å². The van der Waals surface area contributed by atoms with Crippen LogP contribution in [0.1, 0.15) is 31.0 Å². The van der Waals surface area contributed by atoms with Gasteiger partial charge in [-0.15, -0.1) is 5.10 Å². The van der Waals surface area contributed by atoms with Gasteiger partial charge in [-0.2, -0.15) is 0 Å². The monoisotopic (exact) mass is 283 g/mol. The molecular formula is C16H17N3O2. The van der Waals surface area contributed by atoms with E-state index in [4.69, 9.17) is 4.42 Å². The fourth-order valence-corrected chi connectivity index (χ4v) is 2.26. The quantitative estimate of drug-likeness (QED) is 0.799. The van der Waals surface area contributed by atoms with E-state index in [0.717, 1.165) is 5.69 Å². The predicted molar refractivity (Wildman–Crippen MR) is 79.1 cm³/mol. The maximum absolute atomic E-state index is 9.44. The molecule has 0 bridgehead atoms. The molecule has 2 aromatic heterocycles. The van der Waals surface area contributed by atoms with E-state index in [1.165, 1.54) is 5.56 Å². The minimum Gasteiger partial charge on any atom is -0.463 e. The zero-order valence-corrected chi connectivity index (χ0v) is 12.0. The second-order valence-electron chi connectivity index (χ2n) is 5.18. The van der Waals surface area contributed by atoms with E-state index in [-0.39, 0.29) is 6.61 Å². The van der Waals surface area contributed by atoms with Gasteiger partial charge in [0.05, 0.1) is 18.6 Å². The Bertz CT molecular complexity index is 713. The molecule has 5 heteroatoms. The first-order valence-electron chi connectivity index (χ1n) is 6.90. The molecule has 108 valence electrons. The van der Waals surface area contributed by atoms with E-state index in [1.807, 2.05) is 18.2 Å². The van der Waals surface area contributed by atoms with Crippen molar-refractivity contribution in [2.75, 3.05) is 0 Å². The first kappa shape index (κ1) is 13.6. The van der Waals surface area contributed by atoms with Gasteiger partial charge >= 0.3 is 0 Å². The molecule has 5 nitrogen and oxygen atoms in total. The zero-order chi connectivity index (χ0) is 14.8. The molecule has 1 N–H and O–H groups in total. The lowest BCUT2D eigenvalue weighted by Gasteiger charge is -2.08. The lowest BCUT2D eigenvalue weighted by Crippen LogP contribution is -2.00. The molecule has 0 aliphatic rings. The van der Waals surface area contributed by atoms with Crippen molar-refractivity contribution in [2.24, 2.45) is 0 Å². The van der Waals surface area contributed by atoms with Crippen LogP contribution in [0.3, 0.4) is 0 Å². The van der Waals surface area contributed by atoms with Gasteiger partial charge in [-0.3, -0.25) is 0 Å². The summed E-state index contributed by atoms with van der Waals surface area (Å²) in [6, 6.07) is 11.8. The number of nitrogens with zero attached hydrogens (tertiary/aromatic N) is 3. The van der Waals surface area contributed by atoms with Crippen molar-refractivity contribution in [3.63, 3.8) is 0 Å². The summed E-state index contributed by atoms with van der Waals surface area (Å²) in [5.41, 5.74) is 3.33. The standard InChI is InChI=1S/C16H17N3O2/c1-11(2)12-5-7-13(8-6-12)19-16(14(10-20)17-18-19)15-4-3-9-21-15/h3-9,11,20H,10H2,1-2H3. The Hall–Kier alpha value is -2.40. The van der Waals surface area contributed by atoms with Gasteiger partial charge in [0, 0.05) is 0 Å². The van der Waals surface area contributed by atoms with Crippen molar-refractivity contribution in [3.05, 3.63) is 53.9 Å². The number of aromatic nitrogens is 3. The van der Waals surface area contributed by atoms with Crippen molar-refractivity contribution in [1.82, 2.24) is 15.0 Å². The molecule has 0 saturated heterocycles. The van der Waals surface area contributed by atoms with Crippen LogP contribution >= 0.6 is 0 Å². The van der Waals surface area contributed by atoms with E-state index >= 15 is 0 Å². The van der Waals surface area contributed by atoms with Crippen LogP contribution in [-0.2, 0) is 6.61 Å². The molecule has 1 aromatic carbocycles. The number of furan rings is 1. The van der Waals surface area contributed by atoms with E-state index in [9.17, 15) is 5.11 Å². The number of aliphatic hydroxyl groups excluding tert-OH is 1. The summed E-state index contributed by atoms with van der Waals surface area (Å²) in [6.07, 6.45) is 1.59. The highest BCUT2D eigenvalue weighted by atomic mass is 16.3. The summed E-state index contributed by atoms with van der Waals surface area (Å²) < 4.78 is 7.12. The summed E-state index contributed by atoms with van der Waals surface area (Å²) in [5, 5.41) is 17.6. The first-order chi connectivity index (χ1) is 10.2. The molecule has 0 aliphatic carbocycles. The van der Waals surface area contributed by atoms with Gasteiger partial charge in [0.25, 0.3) is 0 Å². The maximum Gasteiger partial charge on any atom is 0.154 e. The molecule has 21 heavy (non-hydrogen) atoms. The van der Waals surface area contributed by atoms with Crippen molar-refractivity contribution >= 4 is 0 Å². The van der Waals surface area contributed by atoms with Gasteiger partial charge in [0.1, 0.15) is 11.4 Å². The van der Waals surface area contributed by atoms with Gasteiger partial charge in [-0.25, -0.2) is 4.68 Å². The SMILES string of the molecule is CC(C)c1ccc(-n2nnc(CO)c2-c2ccco2)cc1. The molecule has 0 amide bonds. The van der Waals surface area contributed by atoms with Crippen LogP contribution in [-0.4, -0.2) is 20.1 Å². The Morgan fingerprint density at radius 3 is 2.52 bits per heavy atom. The Kier molecular flexibility index (Phi) is 3.58. The van der Waals surface area contributed by atoms with E-state index < -0.39 is 0 Å². The molecule has 0 spiro atoms. The van der Waals surface area contributed by atoms with Crippen LogP contribution < -0.4 is 0 Å². The number of rotatable bonds is 4. The average Bonchev–Trinajstić information content (AvgIpc) is 3.15. The molecule has 0 saturated carbocycles. The highest BCUT2D eigenvalue weighted by Gasteiger charge is 2.17. The first-order valence-corrected chi connectivity index (χ1v) is 6.90. The lowest BCUT2D eigenvalue weighted by molar-refractivity contribution is 0.277. The number of aliphatic hydroxyl groups is 1. The minimum atomic E-state index is -0.180. The summed E-state index contributed by atoms with van der Waals surface area (Å²) in [7, 11) is 0. The third-order valence-corrected chi connectivity index (χ3v) is 3.45. The van der Waals surface area contributed by atoms with E-state index in [1.54, 1.807) is 17.0 Å². The Morgan fingerprint density at radius 1 is 1.19 bits per heavy atom. The molecule has 0 atom stereocenters. The highest BCUT2D eigenvalue weighted by Crippen LogP contribution is 2.26. The van der Waals surface area contributed by atoms with Crippen LogP contribution in [0, 0.1) is 0 Å². The van der Waals surface area contributed by atoms with Crippen molar-refractivity contribution < 1.29 is 9.52 Å². The van der Waals surface area contributed by atoms with E-state index in [0.29, 0.717) is 23.1 Å². The summed E-state index contributed by atoms with van der Waals surface area (Å²) >= 11 is 0. The fraction of sp³-hybridized carbons (Fsp3) is 0.250. The molecule has 0 aliphatic heterocycles. The Balaban J connectivity index is 2.08. The normalized spacial score (nSPS) is 11.2. The van der Waals surface area contributed by atoms with Gasteiger partial charge in [0.15, 0.2) is 5.76 Å². The molecule has 3 aromatic rings. The second kappa shape index (κ2) is 5.54. The third kappa shape index (κ3) is 2.48. The van der Waals surface area contributed by atoms with Crippen LogP contribution in [0.25, 0.3) is 17.1 Å². The van der Waals surface area contributed by atoms with Gasteiger partial charge in [-0.1, -0.05) is 31.2 Å². The number of hydrogen-bond acceptors (Lipinski definition) is 4. The topological polar surface area (TPSA) is 64.1 Å². The molecule has 0 fully saturated rings. The molecular weight excluding hydrogens is 266 g/mol. The smallest absolute Gasteiger partial charge is 0.154 e. The average molecular weight is 283 g/mol. The van der Waals surface area contributed by atoms with Crippen LogP contribution in [0.4, 0.5) is 0 Å². The van der Waals surface area contributed by atoms with E-state index in [2.05, 4.69) is 36.3 Å². The fourth-order valence-electron chi connectivity index (χ4n) is 2.26. The predicted octanol–water partition coefficient (Wildman–Crippen LogP) is 3.14. The van der Waals surface area contributed by atoms with Gasteiger partial charge in [0.2, 0.25) is 0 Å². The Morgan fingerprint density at radius 2 is 1.95 bits per heavy atom. The molecule has 2 heterocycles. The molecule has 0 unspecified atom stereocenters. The van der Waals surface area contributed by atoms with Crippen LogP contribution in [0.5, 0.6) is 0 Å². The van der Waals surface area contributed by atoms with Gasteiger partial charge in [-0.05, 0) is 35.7 Å². The summed E-state index contributed by atoms with van der Waals surface area (Å²) in [6.45, 7) is 4.13. The molecule has 3 rings (SSSR count). The Labute approximate surface area is 122 Å². The number of benzene rings is 1. The largest absolute Gasteiger partial charge is 0.463 e.